The standard InChI is InChI=1S/C37H51N5O5S/c1-28(2)41(3)36(44)40-34(16-17-42-18-20-46-21-19-42)35(43)24-31(22-29-10-6-4-7-11-29)14-15-32(23-30-12-8-5-9-13-30)39-37(45)47-26-33-25-38-27-48-33/h4-13,25,27-28,31-32,34H,14-24,26H2,1-3H3,(H,39,45)(H,40,44)/t31-,32-,34+/m1/s1. The van der Waals surface area contributed by atoms with Gasteiger partial charge in [0.05, 0.1) is 29.6 Å². The predicted molar refractivity (Wildman–Crippen MR) is 189 cm³/mol. The summed E-state index contributed by atoms with van der Waals surface area (Å²) in [6, 6.07) is 19.2. The van der Waals surface area contributed by atoms with Crippen LogP contribution in [-0.4, -0.2) is 90.7 Å². The Morgan fingerprint density at radius 3 is 2.23 bits per heavy atom. The molecule has 2 heterocycles. The lowest BCUT2D eigenvalue weighted by Gasteiger charge is -2.30. The molecule has 1 saturated heterocycles. The first kappa shape index (κ1) is 37.0. The van der Waals surface area contributed by atoms with Crippen LogP contribution in [0.25, 0.3) is 0 Å². The number of hydrogen-bond acceptors (Lipinski definition) is 8. The van der Waals surface area contributed by atoms with Gasteiger partial charge in [-0.2, -0.15) is 0 Å². The van der Waals surface area contributed by atoms with Crippen LogP contribution < -0.4 is 10.6 Å². The SMILES string of the molecule is CC(C)N(C)C(=O)N[C@@H](CCN1CCOCC1)C(=O)C[C@H](CC[C@H](Cc1ccccc1)NC(=O)OCc1cncs1)Cc1ccccc1. The fourth-order valence-corrected chi connectivity index (χ4v) is 6.31. The van der Waals surface area contributed by atoms with Gasteiger partial charge in [-0.1, -0.05) is 60.7 Å². The summed E-state index contributed by atoms with van der Waals surface area (Å²) in [5.41, 5.74) is 3.98. The summed E-state index contributed by atoms with van der Waals surface area (Å²) in [4.78, 5) is 48.9. The molecule has 10 nitrogen and oxygen atoms in total. The minimum absolute atomic E-state index is 0.00791. The van der Waals surface area contributed by atoms with E-state index in [4.69, 9.17) is 9.47 Å². The molecule has 0 bridgehead atoms. The molecule has 1 fully saturated rings. The van der Waals surface area contributed by atoms with Crippen molar-refractivity contribution in [2.45, 2.75) is 77.1 Å². The number of thiazole rings is 1. The van der Waals surface area contributed by atoms with Crippen LogP contribution in [0.4, 0.5) is 9.59 Å². The molecule has 2 aromatic carbocycles. The average molecular weight is 678 g/mol. The second-order valence-electron chi connectivity index (χ2n) is 12.8. The van der Waals surface area contributed by atoms with Crippen molar-refractivity contribution in [3.05, 3.63) is 88.4 Å². The Morgan fingerprint density at radius 2 is 1.60 bits per heavy atom. The van der Waals surface area contributed by atoms with Gasteiger partial charge in [-0.05, 0) is 63.0 Å². The van der Waals surface area contributed by atoms with E-state index in [-0.39, 0.29) is 36.4 Å². The first-order valence-corrected chi connectivity index (χ1v) is 17.9. The number of ether oxygens (including phenoxy) is 2. The average Bonchev–Trinajstić information content (AvgIpc) is 3.63. The molecule has 0 radical (unpaired) electrons. The lowest BCUT2D eigenvalue weighted by atomic mass is 9.86. The van der Waals surface area contributed by atoms with Gasteiger partial charge in [0.25, 0.3) is 0 Å². The van der Waals surface area contributed by atoms with Crippen molar-refractivity contribution in [1.82, 2.24) is 25.4 Å². The Balaban J connectivity index is 1.46. The molecule has 3 amide bonds. The van der Waals surface area contributed by atoms with E-state index in [1.54, 1.807) is 23.7 Å². The number of carbonyl (C=O) groups excluding carboxylic acids is 3. The third kappa shape index (κ3) is 13.0. The molecule has 48 heavy (non-hydrogen) atoms. The number of amides is 3. The van der Waals surface area contributed by atoms with Gasteiger partial charge < -0.3 is 25.0 Å². The molecule has 1 aromatic heterocycles. The summed E-state index contributed by atoms with van der Waals surface area (Å²) in [5, 5.41) is 6.15. The van der Waals surface area contributed by atoms with Crippen molar-refractivity contribution in [2.75, 3.05) is 39.9 Å². The van der Waals surface area contributed by atoms with E-state index in [1.165, 1.54) is 11.3 Å². The molecule has 0 saturated carbocycles. The minimum Gasteiger partial charge on any atom is -0.444 e. The molecule has 0 unspecified atom stereocenters. The quantitative estimate of drug-likeness (QED) is 0.177. The van der Waals surface area contributed by atoms with Gasteiger partial charge in [0, 0.05) is 51.4 Å². The van der Waals surface area contributed by atoms with Crippen LogP contribution in [-0.2, 0) is 33.7 Å². The van der Waals surface area contributed by atoms with Crippen molar-refractivity contribution < 1.29 is 23.9 Å². The topological polar surface area (TPSA) is 113 Å². The van der Waals surface area contributed by atoms with Gasteiger partial charge in [0.2, 0.25) is 0 Å². The van der Waals surface area contributed by atoms with Crippen molar-refractivity contribution in [3.63, 3.8) is 0 Å². The summed E-state index contributed by atoms with van der Waals surface area (Å²) in [5.74, 6) is 0.0463. The summed E-state index contributed by atoms with van der Waals surface area (Å²) in [7, 11) is 1.75. The van der Waals surface area contributed by atoms with Gasteiger partial charge in [-0.25, -0.2) is 9.59 Å². The highest BCUT2D eigenvalue weighted by atomic mass is 32.1. The van der Waals surface area contributed by atoms with Crippen LogP contribution in [0.5, 0.6) is 0 Å². The van der Waals surface area contributed by atoms with Crippen LogP contribution in [0.15, 0.2) is 72.4 Å². The Morgan fingerprint density at radius 1 is 0.938 bits per heavy atom. The number of hydrogen-bond donors (Lipinski definition) is 2. The van der Waals surface area contributed by atoms with Crippen LogP contribution in [0.2, 0.25) is 0 Å². The first-order valence-electron chi connectivity index (χ1n) is 17.0. The third-order valence-corrected chi connectivity index (χ3v) is 9.63. The van der Waals surface area contributed by atoms with E-state index < -0.39 is 12.1 Å². The van der Waals surface area contributed by atoms with Crippen molar-refractivity contribution >= 4 is 29.2 Å². The molecule has 260 valence electrons. The summed E-state index contributed by atoms with van der Waals surface area (Å²) >= 11 is 1.44. The summed E-state index contributed by atoms with van der Waals surface area (Å²) < 4.78 is 11.0. The second-order valence-corrected chi connectivity index (χ2v) is 13.8. The van der Waals surface area contributed by atoms with Crippen LogP contribution >= 0.6 is 11.3 Å². The highest BCUT2D eigenvalue weighted by Crippen LogP contribution is 2.22. The van der Waals surface area contributed by atoms with Crippen molar-refractivity contribution in [1.29, 1.82) is 0 Å². The molecular formula is C37H51N5O5S. The zero-order chi connectivity index (χ0) is 34.1. The highest BCUT2D eigenvalue weighted by Gasteiger charge is 2.28. The lowest BCUT2D eigenvalue weighted by Crippen LogP contribution is -2.50. The number of carbonyl (C=O) groups is 3. The minimum atomic E-state index is -0.597. The number of aromatic nitrogens is 1. The maximum Gasteiger partial charge on any atom is 0.407 e. The Kier molecular flexibility index (Phi) is 15.3. The molecule has 1 aliphatic heterocycles. The monoisotopic (exact) mass is 677 g/mol. The van der Waals surface area contributed by atoms with E-state index >= 15 is 0 Å². The smallest absolute Gasteiger partial charge is 0.407 e. The number of ketones is 1. The second kappa shape index (κ2) is 19.9. The summed E-state index contributed by atoms with van der Waals surface area (Å²) in [6.07, 6.45) is 4.82. The van der Waals surface area contributed by atoms with E-state index in [9.17, 15) is 14.4 Å². The normalized spacial score (nSPS) is 15.3. The maximum absolute atomic E-state index is 14.1. The number of rotatable bonds is 18. The Bertz CT molecular complexity index is 1370. The van der Waals surface area contributed by atoms with E-state index in [2.05, 4.69) is 44.8 Å². The maximum atomic E-state index is 14.1. The molecule has 2 N–H and O–H groups in total. The van der Waals surface area contributed by atoms with E-state index in [0.717, 1.165) is 35.5 Å². The molecule has 0 aliphatic carbocycles. The van der Waals surface area contributed by atoms with Gasteiger partial charge in [0.1, 0.15) is 6.61 Å². The molecule has 0 spiro atoms. The van der Waals surface area contributed by atoms with Crippen molar-refractivity contribution in [3.8, 4) is 0 Å². The number of nitrogens with one attached hydrogen (secondary N) is 2. The zero-order valence-corrected chi connectivity index (χ0v) is 29.3. The van der Waals surface area contributed by atoms with Gasteiger partial charge in [-0.15, -0.1) is 11.3 Å². The molecule has 3 atom stereocenters. The highest BCUT2D eigenvalue weighted by molar-refractivity contribution is 7.09. The van der Waals surface area contributed by atoms with Gasteiger partial charge in [0.15, 0.2) is 5.78 Å². The molecule has 3 aromatic rings. The predicted octanol–water partition coefficient (Wildman–Crippen LogP) is 5.72. The number of Topliss-reactive ketones (excluding diaryl/α,β-unsaturated/α-hetero) is 1. The lowest BCUT2D eigenvalue weighted by molar-refractivity contribution is -0.122. The van der Waals surface area contributed by atoms with Crippen LogP contribution in [0.3, 0.4) is 0 Å². The summed E-state index contributed by atoms with van der Waals surface area (Å²) in [6.45, 7) is 7.78. The van der Waals surface area contributed by atoms with Crippen LogP contribution in [0, 0.1) is 5.92 Å². The number of benzene rings is 2. The number of alkyl carbamates (subject to hydrolysis) is 1. The van der Waals surface area contributed by atoms with Gasteiger partial charge >= 0.3 is 12.1 Å². The molecule has 4 rings (SSSR count). The van der Waals surface area contributed by atoms with Crippen molar-refractivity contribution in [2.24, 2.45) is 5.92 Å². The van der Waals surface area contributed by atoms with Gasteiger partial charge in [-0.3, -0.25) is 14.7 Å². The first-order chi connectivity index (χ1) is 23.3. The Labute approximate surface area is 289 Å². The Hall–Kier alpha value is -3.80. The van der Waals surface area contributed by atoms with E-state index in [0.29, 0.717) is 51.9 Å². The zero-order valence-electron chi connectivity index (χ0n) is 28.5. The molecule has 11 heteroatoms. The fraction of sp³-hybridized carbons (Fsp3) is 0.514. The largest absolute Gasteiger partial charge is 0.444 e. The molecule has 1 aliphatic rings. The van der Waals surface area contributed by atoms with E-state index in [1.807, 2.05) is 50.2 Å². The third-order valence-electron chi connectivity index (χ3n) is 8.88. The number of morpholine rings is 1. The van der Waals surface area contributed by atoms with Crippen LogP contribution in [0.1, 0.15) is 55.5 Å². The number of urea groups is 1. The molecular weight excluding hydrogens is 627 g/mol. The fourth-order valence-electron chi connectivity index (χ4n) is 5.81. The number of nitrogens with zero attached hydrogens (tertiary/aromatic N) is 3.